The number of aliphatic hydroxyl groups excluding tert-OH is 1. The standard InChI is InChI=1S/C15H20N2O3/c18-14-5-6-17(13-4-2-1-3-12(13)14)15(19)11-16-7-9-20-10-8-16/h1-4,14,18H,5-11H2. The third kappa shape index (κ3) is 2.70. The molecule has 1 unspecified atom stereocenters. The Kier molecular flexibility index (Phi) is 4.00. The van der Waals surface area contributed by atoms with Crippen molar-refractivity contribution in [2.75, 3.05) is 44.3 Å². The van der Waals surface area contributed by atoms with Crippen LogP contribution in [0.3, 0.4) is 0 Å². The second kappa shape index (κ2) is 5.91. The summed E-state index contributed by atoms with van der Waals surface area (Å²) in [5.74, 6) is 0.103. The van der Waals surface area contributed by atoms with Crippen molar-refractivity contribution in [1.29, 1.82) is 0 Å². The first-order chi connectivity index (χ1) is 9.75. The molecule has 3 rings (SSSR count). The fourth-order valence-electron chi connectivity index (χ4n) is 2.84. The smallest absolute Gasteiger partial charge is 0.241 e. The second-order valence-corrected chi connectivity index (χ2v) is 5.30. The van der Waals surface area contributed by atoms with Crippen LogP contribution >= 0.6 is 0 Å². The number of aliphatic hydroxyl groups is 1. The van der Waals surface area contributed by atoms with Crippen molar-refractivity contribution in [3.8, 4) is 0 Å². The number of anilines is 1. The van der Waals surface area contributed by atoms with Crippen LogP contribution in [0.2, 0.25) is 0 Å². The maximum absolute atomic E-state index is 12.5. The van der Waals surface area contributed by atoms with Gasteiger partial charge in [-0.15, -0.1) is 0 Å². The molecule has 2 heterocycles. The zero-order valence-corrected chi connectivity index (χ0v) is 11.5. The minimum absolute atomic E-state index is 0.103. The molecule has 20 heavy (non-hydrogen) atoms. The monoisotopic (exact) mass is 276 g/mol. The molecule has 1 atom stereocenters. The van der Waals surface area contributed by atoms with Crippen molar-refractivity contribution in [3.63, 3.8) is 0 Å². The Hall–Kier alpha value is -1.43. The molecule has 108 valence electrons. The van der Waals surface area contributed by atoms with E-state index >= 15 is 0 Å². The molecule has 1 amide bonds. The molecule has 0 aliphatic carbocycles. The van der Waals surface area contributed by atoms with E-state index in [1.807, 2.05) is 24.3 Å². The first kappa shape index (κ1) is 13.5. The zero-order valence-electron chi connectivity index (χ0n) is 11.5. The van der Waals surface area contributed by atoms with E-state index < -0.39 is 6.10 Å². The molecule has 1 aromatic carbocycles. The Morgan fingerprint density at radius 3 is 2.80 bits per heavy atom. The van der Waals surface area contributed by atoms with Gasteiger partial charge < -0.3 is 14.7 Å². The highest BCUT2D eigenvalue weighted by Gasteiger charge is 2.28. The Labute approximate surface area is 118 Å². The third-order valence-electron chi connectivity index (χ3n) is 3.98. The maximum Gasteiger partial charge on any atom is 0.241 e. The minimum atomic E-state index is -0.460. The van der Waals surface area contributed by atoms with E-state index in [2.05, 4.69) is 4.90 Å². The number of hydrogen-bond donors (Lipinski definition) is 1. The average Bonchev–Trinajstić information content (AvgIpc) is 2.49. The van der Waals surface area contributed by atoms with Gasteiger partial charge in [0.1, 0.15) is 0 Å². The van der Waals surface area contributed by atoms with E-state index in [-0.39, 0.29) is 5.91 Å². The van der Waals surface area contributed by atoms with Crippen LogP contribution in [-0.4, -0.2) is 55.3 Å². The maximum atomic E-state index is 12.5. The summed E-state index contributed by atoms with van der Waals surface area (Å²) in [4.78, 5) is 16.4. The van der Waals surface area contributed by atoms with Crippen molar-refractivity contribution >= 4 is 11.6 Å². The SMILES string of the molecule is O=C(CN1CCOCC1)N1CCC(O)c2ccccc21. The van der Waals surface area contributed by atoms with E-state index in [1.54, 1.807) is 4.90 Å². The van der Waals surface area contributed by atoms with Gasteiger partial charge in [0.15, 0.2) is 0 Å². The zero-order chi connectivity index (χ0) is 13.9. The molecule has 1 N–H and O–H groups in total. The van der Waals surface area contributed by atoms with Crippen LogP contribution < -0.4 is 4.90 Å². The van der Waals surface area contributed by atoms with E-state index in [9.17, 15) is 9.90 Å². The topological polar surface area (TPSA) is 53.0 Å². The largest absolute Gasteiger partial charge is 0.388 e. The number of ether oxygens (including phenoxy) is 1. The van der Waals surface area contributed by atoms with Gasteiger partial charge in [-0.1, -0.05) is 18.2 Å². The molecular weight excluding hydrogens is 256 g/mol. The highest BCUT2D eigenvalue weighted by molar-refractivity contribution is 5.96. The van der Waals surface area contributed by atoms with Crippen molar-refractivity contribution in [3.05, 3.63) is 29.8 Å². The number of amides is 1. The lowest BCUT2D eigenvalue weighted by atomic mass is 9.99. The number of fused-ring (bicyclic) bond motifs is 1. The minimum Gasteiger partial charge on any atom is -0.388 e. The second-order valence-electron chi connectivity index (χ2n) is 5.30. The number of carbonyl (C=O) groups is 1. The number of morpholine rings is 1. The van der Waals surface area contributed by atoms with Crippen LogP contribution in [0.4, 0.5) is 5.69 Å². The summed E-state index contributed by atoms with van der Waals surface area (Å²) in [7, 11) is 0. The molecule has 0 bridgehead atoms. The molecule has 5 heteroatoms. The number of rotatable bonds is 2. The number of benzene rings is 1. The Morgan fingerprint density at radius 2 is 2.00 bits per heavy atom. The van der Waals surface area contributed by atoms with Gasteiger partial charge in [0.25, 0.3) is 0 Å². The van der Waals surface area contributed by atoms with Gasteiger partial charge >= 0.3 is 0 Å². The molecule has 1 fully saturated rings. The van der Waals surface area contributed by atoms with Crippen LogP contribution in [0.15, 0.2) is 24.3 Å². The van der Waals surface area contributed by atoms with Gasteiger partial charge in [0.2, 0.25) is 5.91 Å². The van der Waals surface area contributed by atoms with E-state index in [0.29, 0.717) is 32.7 Å². The van der Waals surface area contributed by atoms with Crippen LogP contribution in [0.25, 0.3) is 0 Å². The lowest BCUT2D eigenvalue weighted by Gasteiger charge is -2.34. The van der Waals surface area contributed by atoms with Crippen LogP contribution in [-0.2, 0) is 9.53 Å². The summed E-state index contributed by atoms with van der Waals surface area (Å²) in [5.41, 5.74) is 1.71. The van der Waals surface area contributed by atoms with Crippen LogP contribution in [0.5, 0.6) is 0 Å². The molecular formula is C15H20N2O3. The summed E-state index contributed by atoms with van der Waals surface area (Å²) >= 11 is 0. The molecule has 5 nitrogen and oxygen atoms in total. The number of nitrogens with zero attached hydrogens (tertiary/aromatic N) is 2. The van der Waals surface area contributed by atoms with E-state index in [4.69, 9.17) is 4.74 Å². The van der Waals surface area contributed by atoms with Crippen LogP contribution in [0.1, 0.15) is 18.1 Å². The molecule has 0 spiro atoms. The summed E-state index contributed by atoms with van der Waals surface area (Å²) in [5, 5.41) is 10.0. The number of para-hydroxylation sites is 1. The third-order valence-corrected chi connectivity index (χ3v) is 3.98. The lowest BCUT2D eigenvalue weighted by Crippen LogP contribution is -2.46. The van der Waals surface area contributed by atoms with Crippen molar-refractivity contribution in [2.24, 2.45) is 0 Å². The highest BCUT2D eigenvalue weighted by atomic mass is 16.5. The van der Waals surface area contributed by atoms with Crippen molar-refractivity contribution in [1.82, 2.24) is 4.90 Å². The van der Waals surface area contributed by atoms with Gasteiger partial charge in [0.05, 0.1) is 25.9 Å². The van der Waals surface area contributed by atoms with Crippen molar-refractivity contribution < 1.29 is 14.6 Å². The number of hydrogen-bond acceptors (Lipinski definition) is 4. The molecule has 1 aromatic rings. The quantitative estimate of drug-likeness (QED) is 0.867. The van der Waals surface area contributed by atoms with Gasteiger partial charge in [-0.25, -0.2) is 0 Å². The van der Waals surface area contributed by atoms with Crippen molar-refractivity contribution in [2.45, 2.75) is 12.5 Å². The summed E-state index contributed by atoms with van der Waals surface area (Å²) in [6, 6.07) is 7.62. The average molecular weight is 276 g/mol. The summed E-state index contributed by atoms with van der Waals surface area (Å²) in [6.07, 6.45) is 0.143. The molecule has 0 radical (unpaired) electrons. The summed E-state index contributed by atoms with van der Waals surface area (Å²) < 4.78 is 5.30. The predicted octanol–water partition coefficient (Wildman–Crippen LogP) is 0.789. The Balaban J connectivity index is 1.73. The Bertz CT molecular complexity index is 486. The van der Waals surface area contributed by atoms with Gasteiger partial charge in [-0.2, -0.15) is 0 Å². The van der Waals surface area contributed by atoms with Gasteiger partial charge in [-0.3, -0.25) is 9.69 Å². The first-order valence-electron chi connectivity index (χ1n) is 7.13. The van der Waals surface area contributed by atoms with Gasteiger partial charge in [-0.05, 0) is 12.5 Å². The van der Waals surface area contributed by atoms with E-state index in [0.717, 1.165) is 24.3 Å². The van der Waals surface area contributed by atoms with Gasteiger partial charge in [0, 0.05) is 30.9 Å². The highest BCUT2D eigenvalue weighted by Crippen LogP contribution is 2.33. The molecule has 2 aliphatic heterocycles. The van der Waals surface area contributed by atoms with Crippen LogP contribution in [0, 0.1) is 0 Å². The molecule has 0 saturated carbocycles. The van der Waals surface area contributed by atoms with E-state index in [1.165, 1.54) is 0 Å². The number of carbonyl (C=O) groups excluding carboxylic acids is 1. The Morgan fingerprint density at radius 1 is 1.25 bits per heavy atom. The molecule has 0 aromatic heterocycles. The normalized spacial score (nSPS) is 23.4. The fourth-order valence-corrected chi connectivity index (χ4v) is 2.84. The first-order valence-corrected chi connectivity index (χ1v) is 7.13. The fraction of sp³-hybridized carbons (Fsp3) is 0.533. The molecule has 1 saturated heterocycles. The summed E-state index contributed by atoms with van der Waals surface area (Å²) in [6.45, 7) is 4.02. The molecule has 2 aliphatic rings. The predicted molar refractivity (Wildman–Crippen MR) is 75.6 cm³/mol. The lowest BCUT2D eigenvalue weighted by molar-refractivity contribution is -0.120.